The normalized spacial score (nSPS) is 11.4. The summed E-state index contributed by atoms with van der Waals surface area (Å²) in [7, 11) is 0. The summed E-state index contributed by atoms with van der Waals surface area (Å²) in [6.45, 7) is 2.57. The second-order valence-electron chi connectivity index (χ2n) is 5.56. The highest BCUT2D eigenvalue weighted by Crippen LogP contribution is 2.40. The van der Waals surface area contributed by atoms with Crippen molar-refractivity contribution in [1.82, 2.24) is 15.0 Å². The van der Waals surface area contributed by atoms with Crippen LogP contribution in [0.1, 0.15) is 11.1 Å². The van der Waals surface area contributed by atoms with E-state index < -0.39 is 0 Å². The monoisotopic (exact) mass is 345 g/mol. The van der Waals surface area contributed by atoms with Crippen LogP contribution in [0.25, 0.3) is 20.7 Å². The van der Waals surface area contributed by atoms with Gasteiger partial charge in [0.25, 0.3) is 0 Å². The van der Waals surface area contributed by atoms with Gasteiger partial charge in [0.2, 0.25) is 0 Å². The number of hydrogen-bond donors (Lipinski definition) is 0. The molecule has 1 aromatic carbocycles. The molecule has 4 rings (SSSR count). The minimum absolute atomic E-state index is 0.481. The van der Waals surface area contributed by atoms with E-state index in [9.17, 15) is 0 Å². The van der Waals surface area contributed by atoms with E-state index in [0.717, 1.165) is 21.3 Å². The van der Waals surface area contributed by atoms with Gasteiger partial charge < -0.3 is 0 Å². The average molecular weight is 345 g/mol. The summed E-state index contributed by atoms with van der Waals surface area (Å²) in [5, 5.41) is 8.61. The van der Waals surface area contributed by atoms with Crippen molar-refractivity contribution < 1.29 is 0 Å². The van der Waals surface area contributed by atoms with Gasteiger partial charge in [-0.05, 0) is 29.7 Å². The van der Waals surface area contributed by atoms with Crippen molar-refractivity contribution in [3.8, 4) is 10.4 Å². The molecule has 25 heavy (non-hydrogen) atoms. The number of benzene rings is 1. The second kappa shape index (κ2) is 6.86. The molecule has 122 valence electrons. The Balaban J connectivity index is 1.70. The van der Waals surface area contributed by atoms with Crippen LogP contribution in [0.2, 0.25) is 0 Å². The molecule has 0 unspecified atom stereocenters. The van der Waals surface area contributed by atoms with E-state index in [0.29, 0.717) is 12.4 Å². The summed E-state index contributed by atoms with van der Waals surface area (Å²) in [4.78, 5) is 14.0. The first-order valence-electron chi connectivity index (χ1n) is 7.89. The maximum Gasteiger partial charge on any atom is 0.195 e. The number of fused-ring (bicyclic) bond motifs is 1. The number of pyridine rings is 1. The van der Waals surface area contributed by atoms with Gasteiger partial charge in [-0.1, -0.05) is 36.4 Å². The van der Waals surface area contributed by atoms with Gasteiger partial charge in [0.05, 0.1) is 12.1 Å². The molecule has 0 saturated heterocycles. The van der Waals surface area contributed by atoms with Crippen LogP contribution in [0, 0.1) is 6.92 Å². The van der Waals surface area contributed by atoms with E-state index >= 15 is 0 Å². The molecule has 0 saturated carbocycles. The van der Waals surface area contributed by atoms with Gasteiger partial charge in [0.15, 0.2) is 5.82 Å². The zero-order valence-electron chi connectivity index (χ0n) is 13.6. The molecule has 0 bridgehead atoms. The van der Waals surface area contributed by atoms with Crippen molar-refractivity contribution in [1.29, 1.82) is 0 Å². The van der Waals surface area contributed by atoms with Crippen LogP contribution < -0.4 is 0 Å². The smallest absolute Gasteiger partial charge is 0.195 e. The Bertz CT molecular complexity index is 1030. The SMILES string of the molecule is Cc1c(-c2ccccc2)sc2c(N=NCc3cccnc3)ncnc12. The number of thiophene rings is 1. The Morgan fingerprint density at radius 2 is 1.92 bits per heavy atom. The molecule has 0 N–H and O–H groups in total. The fraction of sp³-hybridized carbons (Fsp3) is 0.105. The van der Waals surface area contributed by atoms with Gasteiger partial charge >= 0.3 is 0 Å². The lowest BCUT2D eigenvalue weighted by molar-refractivity contribution is 0.939. The molecule has 3 aromatic heterocycles. The van der Waals surface area contributed by atoms with Crippen LogP contribution in [0.3, 0.4) is 0 Å². The third-order valence-electron chi connectivity index (χ3n) is 3.86. The van der Waals surface area contributed by atoms with Gasteiger partial charge in [-0.2, -0.15) is 5.11 Å². The van der Waals surface area contributed by atoms with Crippen LogP contribution in [-0.2, 0) is 6.54 Å². The molecule has 0 aliphatic rings. The molecule has 0 aliphatic heterocycles. The Morgan fingerprint density at radius 1 is 1.04 bits per heavy atom. The topological polar surface area (TPSA) is 63.4 Å². The van der Waals surface area contributed by atoms with Crippen LogP contribution in [-0.4, -0.2) is 15.0 Å². The summed E-state index contributed by atoms with van der Waals surface area (Å²) in [5.74, 6) is 0.615. The summed E-state index contributed by atoms with van der Waals surface area (Å²) in [6, 6.07) is 14.2. The lowest BCUT2D eigenvalue weighted by Gasteiger charge is -1.97. The third kappa shape index (κ3) is 3.16. The molecule has 0 atom stereocenters. The van der Waals surface area contributed by atoms with Crippen molar-refractivity contribution in [3.05, 3.63) is 72.3 Å². The fourth-order valence-corrected chi connectivity index (χ4v) is 3.82. The first-order chi connectivity index (χ1) is 12.3. The zero-order chi connectivity index (χ0) is 17.1. The minimum atomic E-state index is 0.481. The lowest BCUT2D eigenvalue weighted by Crippen LogP contribution is -1.83. The molecule has 0 amide bonds. The van der Waals surface area contributed by atoms with Gasteiger partial charge in [0.1, 0.15) is 11.0 Å². The van der Waals surface area contributed by atoms with E-state index in [1.165, 1.54) is 10.4 Å². The molecule has 0 fully saturated rings. The fourth-order valence-electron chi connectivity index (χ4n) is 2.62. The van der Waals surface area contributed by atoms with Crippen molar-refractivity contribution in [2.75, 3.05) is 0 Å². The molecule has 0 aliphatic carbocycles. The van der Waals surface area contributed by atoms with Crippen molar-refractivity contribution in [2.45, 2.75) is 13.5 Å². The minimum Gasteiger partial charge on any atom is -0.264 e. The Kier molecular flexibility index (Phi) is 4.26. The van der Waals surface area contributed by atoms with E-state index in [4.69, 9.17) is 0 Å². The number of hydrogen-bond acceptors (Lipinski definition) is 6. The van der Waals surface area contributed by atoms with Crippen LogP contribution in [0.5, 0.6) is 0 Å². The van der Waals surface area contributed by atoms with Gasteiger partial charge in [-0.15, -0.1) is 16.5 Å². The number of aryl methyl sites for hydroxylation is 1. The van der Waals surface area contributed by atoms with E-state index in [-0.39, 0.29) is 0 Å². The van der Waals surface area contributed by atoms with E-state index in [2.05, 4.69) is 44.2 Å². The molecule has 3 heterocycles. The van der Waals surface area contributed by atoms with Crippen molar-refractivity contribution >= 4 is 27.4 Å². The predicted octanol–water partition coefficient (Wildman–Crippen LogP) is 5.35. The van der Waals surface area contributed by atoms with E-state index in [1.54, 1.807) is 30.1 Å². The van der Waals surface area contributed by atoms with Gasteiger partial charge in [-0.25, -0.2) is 9.97 Å². The summed E-state index contributed by atoms with van der Waals surface area (Å²) < 4.78 is 0.966. The highest BCUT2D eigenvalue weighted by molar-refractivity contribution is 7.23. The molecule has 0 radical (unpaired) electrons. The molecule has 4 aromatic rings. The lowest BCUT2D eigenvalue weighted by atomic mass is 10.1. The highest BCUT2D eigenvalue weighted by atomic mass is 32.1. The van der Waals surface area contributed by atoms with Gasteiger partial charge in [0, 0.05) is 17.3 Å². The van der Waals surface area contributed by atoms with Gasteiger partial charge in [-0.3, -0.25) is 4.98 Å². The number of nitrogens with zero attached hydrogens (tertiary/aromatic N) is 5. The predicted molar refractivity (Wildman–Crippen MR) is 100 cm³/mol. The quantitative estimate of drug-likeness (QED) is 0.469. The van der Waals surface area contributed by atoms with Crippen LogP contribution in [0.4, 0.5) is 5.82 Å². The number of aromatic nitrogens is 3. The Hall–Kier alpha value is -2.99. The molecular weight excluding hydrogens is 330 g/mol. The largest absolute Gasteiger partial charge is 0.264 e. The van der Waals surface area contributed by atoms with E-state index in [1.807, 2.05) is 30.3 Å². The van der Waals surface area contributed by atoms with Crippen molar-refractivity contribution in [3.63, 3.8) is 0 Å². The first-order valence-corrected chi connectivity index (χ1v) is 8.70. The Labute approximate surface area is 149 Å². The zero-order valence-corrected chi connectivity index (χ0v) is 14.4. The number of rotatable bonds is 4. The van der Waals surface area contributed by atoms with Crippen LogP contribution in [0.15, 0.2) is 71.4 Å². The maximum absolute atomic E-state index is 4.44. The average Bonchev–Trinajstić information content (AvgIpc) is 3.01. The second-order valence-corrected chi connectivity index (χ2v) is 6.58. The first kappa shape index (κ1) is 15.5. The maximum atomic E-state index is 4.44. The molecule has 0 spiro atoms. The summed E-state index contributed by atoms with van der Waals surface area (Å²) in [5.41, 5.74) is 4.29. The molecule has 5 nitrogen and oxygen atoms in total. The summed E-state index contributed by atoms with van der Waals surface area (Å²) >= 11 is 1.66. The molecular formula is C19H15N5S. The Morgan fingerprint density at radius 3 is 2.72 bits per heavy atom. The van der Waals surface area contributed by atoms with Crippen LogP contribution >= 0.6 is 11.3 Å². The van der Waals surface area contributed by atoms with Crippen molar-refractivity contribution in [2.24, 2.45) is 10.2 Å². The number of azo groups is 1. The molecule has 6 heteroatoms. The summed E-state index contributed by atoms with van der Waals surface area (Å²) in [6.07, 6.45) is 5.08. The third-order valence-corrected chi connectivity index (χ3v) is 5.19. The standard InChI is InChI=1S/C19H15N5S/c1-13-16-18(25-17(13)15-7-3-2-4-8-15)19(22-12-21-16)24-23-11-14-6-5-9-20-10-14/h2-10,12H,11H2,1H3. The highest BCUT2D eigenvalue weighted by Gasteiger charge is 2.14.